The molecule has 3 rings (SSSR count). The summed E-state index contributed by atoms with van der Waals surface area (Å²) in [6.07, 6.45) is 3.05. The largest absolute Gasteiger partial charge is 0.497 e. The van der Waals surface area contributed by atoms with Crippen LogP contribution in [0.1, 0.15) is 16.4 Å². The van der Waals surface area contributed by atoms with Crippen molar-refractivity contribution in [1.29, 1.82) is 0 Å². The Bertz CT molecular complexity index is 1090. The van der Waals surface area contributed by atoms with Crippen LogP contribution < -0.4 is 10.1 Å². The van der Waals surface area contributed by atoms with Gasteiger partial charge in [0.25, 0.3) is 0 Å². The molecule has 1 atom stereocenters. The zero-order valence-electron chi connectivity index (χ0n) is 16.6. The van der Waals surface area contributed by atoms with Gasteiger partial charge >= 0.3 is 0 Å². The van der Waals surface area contributed by atoms with Crippen LogP contribution in [0.25, 0.3) is 6.08 Å². The van der Waals surface area contributed by atoms with Crippen molar-refractivity contribution in [2.45, 2.75) is 10.1 Å². The molecule has 1 N–H and O–H groups in total. The number of sulfone groups is 1. The quantitative estimate of drug-likeness (QED) is 0.557. The lowest BCUT2D eigenvalue weighted by atomic mass is 10.1. The van der Waals surface area contributed by atoms with Crippen molar-refractivity contribution in [1.82, 2.24) is 5.32 Å². The number of carbonyl (C=O) groups excluding carboxylic acids is 1. The van der Waals surface area contributed by atoms with Crippen LogP contribution >= 0.6 is 0 Å². The van der Waals surface area contributed by atoms with Crippen LogP contribution in [-0.4, -0.2) is 28.0 Å². The van der Waals surface area contributed by atoms with E-state index in [9.17, 15) is 13.2 Å². The smallest absolute Gasteiger partial charge is 0.244 e. The maximum atomic E-state index is 13.2. The second kappa shape index (κ2) is 9.89. The van der Waals surface area contributed by atoms with Gasteiger partial charge in [0.15, 0.2) is 9.84 Å². The lowest BCUT2D eigenvalue weighted by molar-refractivity contribution is -0.116. The van der Waals surface area contributed by atoms with Crippen molar-refractivity contribution < 1.29 is 17.9 Å². The Labute approximate surface area is 176 Å². The number of carbonyl (C=O) groups is 1. The van der Waals surface area contributed by atoms with E-state index in [0.29, 0.717) is 5.56 Å². The first-order chi connectivity index (χ1) is 14.5. The zero-order valence-corrected chi connectivity index (χ0v) is 17.4. The average molecular weight is 422 g/mol. The van der Waals surface area contributed by atoms with Gasteiger partial charge in [0.2, 0.25) is 5.91 Å². The van der Waals surface area contributed by atoms with Crippen LogP contribution in [0.15, 0.2) is 95.9 Å². The van der Waals surface area contributed by atoms with E-state index in [-0.39, 0.29) is 17.3 Å². The minimum atomic E-state index is -3.68. The number of ether oxygens (including phenoxy) is 1. The molecule has 154 valence electrons. The van der Waals surface area contributed by atoms with Crippen molar-refractivity contribution in [3.05, 3.63) is 102 Å². The molecule has 0 radical (unpaired) electrons. The average Bonchev–Trinajstić information content (AvgIpc) is 2.79. The van der Waals surface area contributed by atoms with E-state index in [1.54, 1.807) is 79.9 Å². The molecule has 0 aliphatic carbocycles. The van der Waals surface area contributed by atoms with E-state index < -0.39 is 15.1 Å². The fraction of sp³-hybridized carbons (Fsp3) is 0.125. The molecule has 0 fully saturated rings. The predicted molar refractivity (Wildman–Crippen MR) is 118 cm³/mol. The van der Waals surface area contributed by atoms with Gasteiger partial charge in [-0.05, 0) is 41.5 Å². The maximum Gasteiger partial charge on any atom is 0.244 e. The Morgan fingerprint density at radius 3 is 2.13 bits per heavy atom. The summed E-state index contributed by atoms with van der Waals surface area (Å²) < 4.78 is 31.5. The minimum Gasteiger partial charge on any atom is -0.497 e. The first-order valence-electron chi connectivity index (χ1n) is 9.44. The Balaban J connectivity index is 1.75. The third kappa shape index (κ3) is 5.36. The Hall–Kier alpha value is -3.38. The minimum absolute atomic E-state index is 0.0347. The molecule has 6 heteroatoms. The molecule has 30 heavy (non-hydrogen) atoms. The van der Waals surface area contributed by atoms with E-state index in [2.05, 4.69) is 5.32 Å². The summed E-state index contributed by atoms with van der Waals surface area (Å²) in [6, 6.07) is 24.4. The number of hydrogen-bond acceptors (Lipinski definition) is 4. The SMILES string of the molecule is COc1ccc(/C=C/C(=O)NC[C@@H](c2ccccc2)S(=O)(=O)c2ccccc2)cc1. The summed E-state index contributed by atoms with van der Waals surface area (Å²) >= 11 is 0. The molecule has 0 saturated heterocycles. The van der Waals surface area contributed by atoms with E-state index in [1.807, 2.05) is 18.2 Å². The maximum absolute atomic E-state index is 13.2. The lowest BCUT2D eigenvalue weighted by Gasteiger charge is -2.18. The second-order valence-corrected chi connectivity index (χ2v) is 8.74. The zero-order chi connectivity index (χ0) is 21.4. The number of amides is 1. The number of hydrogen-bond donors (Lipinski definition) is 1. The summed E-state index contributed by atoms with van der Waals surface area (Å²) in [5.74, 6) is 0.364. The van der Waals surface area contributed by atoms with Crippen LogP contribution in [-0.2, 0) is 14.6 Å². The third-order valence-electron chi connectivity index (χ3n) is 4.62. The van der Waals surface area contributed by atoms with Gasteiger partial charge in [0, 0.05) is 12.6 Å². The molecule has 0 aromatic heterocycles. The van der Waals surface area contributed by atoms with Crippen LogP contribution in [0.2, 0.25) is 0 Å². The number of methoxy groups -OCH3 is 1. The van der Waals surface area contributed by atoms with Gasteiger partial charge in [-0.2, -0.15) is 0 Å². The van der Waals surface area contributed by atoms with Crippen molar-refractivity contribution >= 4 is 21.8 Å². The summed E-state index contributed by atoms with van der Waals surface area (Å²) in [5, 5.41) is 1.83. The van der Waals surface area contributed by atoms with E-state index >= 15 is 0 Å². The second-order valence-electron chi connectivity index (χ2n) is 6.61. The van der Waals surface area contributed by atoms with Crippen molar-refractivity contribution in [3.8, 4) is 5.75 Å². The predicted octanol–water partition coefficient (Wildman–Crippen LogP) is 4.04. The Morgan fingerprint density at radius 2 is 1.53 bits per heavy atom. The van der Waals surface area contributed by atoms with Gasteiger partial charge in [0.05, 0.1) is 12.0 Å². The van der Waals surface area contributed by atoms with E-state index in [4.69, 9.17) is 4.74 Å². The first-order valence-corrected chi connectivity index (χ1v) is 11.0. The molecule has 0 aliphatic heterocycles. The summed E-state index contributed by atoms with van der Waals surface area (Å²) in [5.41, 5.74) is 1.46. The van der Waals surface area contributed by atoms with E-state index in [0.717, 1.165) is 11.3 Å². The highest BCUT2D eigenvalue weighted by Gasteiger charge is 2.29. The summed E-state index contributed by atoms with van der Waals surface area (Å²) in [4.78, 5) is 12.5. The van der Waals surface area contributed by atoms with Gasteiger partial charge in [-0.1, -0.05) is 60.7 Å². The molecular formula is C24H23NO4S. The molecule has 3 aromatic rings. The van der Waals surface area contributed by atoms with Gasteiger partial charge in [-0.15, -0.1) is 0 Å². The highest BCUT2D eigenvalue weighted by atomic mass is 32.2. The van der Waals surface area contributed by atoms with Crippen molar-refractivity contribution in [3.63, 3.8) is 0 Å². The molecule has 0 unspecified atom stereocenters. The Morgan fingerprint density at radius 1 is 0.933 bits per heavy atom. The summed E-state index contributed by atoms with van der Waals surface area (Å²) in [6.45, 7) is -0.0347. The van der Waals surface area contributed by atoms with Crippen LogP contribution in [0.4, 0.5) is 0 Å². The van der Waals surface area contributed by atoms with Crippen LogP contribution in [0, 0.1) is 0 Å². The molecule has 0 heterocycles. The fourth-order valence-corrected chi connectivity index (χ4v) is 4.67. The van der Waals surface area contributed by atoms with Gasteiger partial charge in [-0.25, -0.2) is 8.42 Å². The Kier molecular flexibility index (Phi) is 7.03. The number of nitrogens with one attached hydrogen (secondary N) is 1. The van der Waals surface area contributed by atoms with Gasteiger partial charge in [-0.3, -0.25) is 4.79 Å². The number of rotatable bonds is 8. The molecule has 0 spiro atoms. The number of benzene rings is 3. The molecule has 1 amide bonds. The lowest BCUT2D eigenvalue weighted by Crippen LogP contribution is -2.30. The first kappa shape index (κ1) is 21.3. The molecule has 0 bridgehead atoms. The van der Waals surface area contributed by atoms with Crippen LogP contribution in [0.5, 0.6) is 5.75 Å². The molecule has 5 nitrogen and oxygen atoms in total. The van der Waals surface area contributed by atoms with Crippen molar-refractivity contribution in [2.24, 2.45) is 0 Å². The molecule has 0 saturated carbocycles. The third-order valence-corrected chi connectivity index (χ3v) is 6.74. The molecular weight excluding hydrogens is 398 g/mol. The van der Waals surface area contributed by atoms with Gasteiger partial charge in [0.1, 0.15) is 11.0 Å². The van der Waals surface area contributed by atoms with Crippen molar-refractivity contribution in [2.75, 3.05) is 13.7 Å². The highest BCUT2D eigenvalue weighted by molar-refractivity contribution is 7.91. The summed E-state index contributed by atoms with van der Waals surface area (Å²) in [7, 11) is -2.09. The molecule has 3 aromatic carbocycles. The van der Waals surface area contributed by atoms with Gasteiger partial charge < -0.3 is 10.1 Å². The van der Waals surface area contributed by atoms with Crippen LogP contribution in [0.3, 0.4) is 0 Å². The highest BCUT2D eigenvalue weighted by Crippen LogP contribution is 2.28. The normalized spacial score (nSPS) is 12.4. The van der Waals surface area contributed by atoms with E-state index in [1.165, 1.54) is 6.08 Å². The standard InChI is InChI=1S/C24H23NO4S/c1-29-21-15-12-19(13-16-21)14-17-24(26)25-18-23(20-8-4-2-5-9-20)30(27,28)22-10-6-3-7-11-22/h2-17,23H,18H2,1H3,(H,25,26)/b17-14+/t23-/m0/s1. The fourth-order valence-electron chi connectivity index (χ4n) is 2.99. The monoisotopic (exact) mass is 421 g/mol. The molecule has 0 aliphatic rings. The topological polar surface area (TPSA) is 72.5 Å².